The number of nitrogens with zero attached hydrogens (tertiary/aromatic N) is 3. The Kier molecular flexibility index (Phi) is 6.03. The summed E-state index contributed by atoms with van der Waals surface area (Å²) in [5, 5.41) is 3.19. The van der Waals surface area contributed by atoms with E-state index >= 15 is 0 Å². The quantitative estimate of drug-likeness (QED) is 0.694. The van der Waals surface area contributed by atoms with E-state index in [-0.39, 0.29) is 5.91 Å². The van der Waals surface area contributed by atoms with Crippen molar-refractivity contribution < 1.29 is 14.4 Å². The summed E-state index contributed by atoms with van der Waals surface area (Å²) in [6.45, 7) is 1.37. The van der Waals surface area contributed by atoms with Crippen molar-refractivity contribution in [2.45, 2.75) is 13.0 Å². The average molecular weight is 273 g/mol. The average Bonchev–Trinajstić information content (AvgIpc) is 2.82. The summed E-state index contributed by atoms with van der Waals surface area (Å²) in [6, 6.07) is 0. The second-order valence-corrected chi connectivity index (χ2v) is 4.54. The van der Waals surface area contributed by atoms with Gasteiger partial charge in [-0.15, -0.1) is 0 Å². The molecule has 0 saturated heterocycles. The SMILES string of the molecule is COc1nscc1CN(C)CCC(=O)N(C)OC. The number of hydrogen-bond acceptors (Lipinski definition) is 6. The van der Waals surface area contributed by atoms with Gasteiger partial charge in [0.05, 0.1) is 14.2 Å². The molecule has 0 N–H and O–H groups in total. The molecule has 18 heavy (non-hydrogen) atoms. The normalized spacial score (nSPS) is 10.7. The third-order valence-electron chi connectivity index (χ3n) is 2.57. The second kappa shape index (κ2) is 7.30. The summed E-state index contributed by atoms with van der Waals surface area (Å²) in [6.07, 6.45) is 0.417. The van der Waals surface area contributed by atoms with Crippen LogP contribution >= 0.6 is 11.5 Å². The first-order chi connectivity index (χ1) is 8.58. The first-order valence-corrected chi connectivity index (χ1v) is 6.38. The highest BCUT2D eigenvalue weighted by molar-refractivity contribution is 7.03. The number of carbonyl (C=O) groups is 1. The molecule has 0 spiro atoms. The molecule has 0 atom stereocenters. The van der Waals surface area contributed by atoms with Crippen molar-refractivity contribution in [2.24, 2.45) is 0 Å². The van der Waals surface area contributed by atoms with E-state index in [4.69, 9.17) is 9.57 Å². The number of hydrogen-bond donors (Lipinski definition) is 0. The summed E-state index contributed by atoms with van der Waals surface area (Å²) in [4.78, 5) is 18.4. The molecule has 0 bridgehead atoms. The number of rotatable bonds is 7. The lowest BCUT2D eigenvalue weighted by atomic mass is 10.3. The minimum Gasteiger partial charge on any atom is -0.480 e. The highest BCUT2D eigenvalue weighted by atomic mass is 32.1. The Morgan fingerprint density at radius 2 is 2.17 bits per heavy atom. The monoisotopic (exact) mass is 273 g/mol. The minimum absolute atomic E-state index is 0.0419. The molecule has 1 amide bonds. The molecule has 0 aliphatic carbocycles. The molecule has 0 aromatic carbocycles. The Labute approximate surface area is 111 Å². The van der Waals surface area contributed by atoms with Crippen molar-refractivity contribution in [3.63, 3.8) is 0 Å². The van der Waals surface area contributed by atoms with Crippen LogP contribution in [-0.4, -0.2) is 55.1 Å². The van der Waals surface area contributed by atoms with Gasteiger partial charge in [-0.25, -0.2) is 5.06 Å². The highest BCUT2D eigenvalue weighted by Gasteiger charge is 2.12. The van der Waals surface area contributed by atoms with Gasteiger partial charge in [-0.1, -0.05) is 0 Å². The predicted molar refractivity (Wildman–Crippen MR) is 69.4 cm³/mol. The molecule has 0 aliphatic heterocycles. The van der Waals surface area contributed by atoms with Crippen LogP contribution < -0.4 is 4.74 Å². The molecule has 1 rings (SSSR count). The van der Waals surface area contributed by atoms with Crippen LogP contribution in [0.4, 0.5) is 0 Å². The van der Waals surface area contributed by atoms with Crippen molar-refractivity contribution >= 4 is 17.4 Å². The van der Waals surface area contributed by atoms with Crippen LogP contribution in [0.15, 0.2) is 5.38 Å². The van der Waals surface area contributed by atoms with Gasteiger partial charge < -0.3 is 9.64 Å². The zero-order chi connectivity index (χ0) is 13.5. The second-order valence-electron chi connectivity index (χ2n) is 3.91. The fourth-order valence-electron chi connectivity index (χ4n) is 1.44. The Hall–Kier alpha value is -1.18. The number of aromatic nitrogens is 1. The molecule has 1 aromatic rings. The third kappa shape index (κ3) is 4.25. The lowest BCUT2D eigenvalue weighted by molar-refractivity contribution is -0.168. The number of ether oxygens (including phenoxy) is 1. The topological polar surface area (TPSA) is 54.9 Å². The van der Waals surface area contributed by atoms with Crippen molar-refractivity contribution in [1.82, 2.24) is 14.3 Å². The van der Waals surface area contributed by atoms with Crippen LogP contribution in [0.1, 0.15) is 12.0 Å². The van der Waals surface area contributed by atoms with E-state index < -0.39 is 0 Å². The summed E-state index contributed by atoms with van der Waals surface area (Å²) < 4.78 is 9.27. The molecule has 0 saturated carbocycles. The molecular weight excluding hydrogens is 254 g/mol. The maximum Gasteiger partial charge on any atom is 0.247 e. The van der Waals surface area contributed by atoms with Crippen molar-refractivity contribution in [3.8, 4) is 5.88 Å². The molecule has 1 aromatic heterocycles. The van der Waals surface area contributed by atoms with E-state index in [9.17, 15) is 4.79 Å². The lowest BCUT2D eigenvalue weighted by Crippen LogP contribution is -2.29. The van der Waals surface area contributed by atoms with E-state index in [1.807, 2.05) is 17.3 Å². The molecule has 7 heteroatoms. The van der Waals surface area contributed by atoms with Crippen LogP contribution in [0, 0.1) is 0 Å². The fraction of sp³-hybridized carbons (Fsp3) is 0.636. The van der Waals surface area contributed by atoms with Gasteiger partial charge in [0, 0.05) is 37.5 Å². The molecule has 1 heterocycles. The fourth-order valence-corrected chi connectivity index (χ4v) is 2.08. The van der Waals surface area contributed by atoms with Gasteiger partial charge in [-0.05, 0) is 18.6 Å². The van der Waals surface area contributed by atoms with Gasteiger partial charge >= 0.3 is 0 Å². The van der Waals surface area contributed by atoms with Gasteiger partial charge in [0.15, 0.2) is 0 Å². The largest absolute Gasteiger partial charge is 0.480 e. The van der Waals surface area contributed by atoms with Gasteiger partial charge in [-0.3, -0.25) is 9.63 Å². The van der Waals surface area contributed by atoms with Crippen LogP contribution in [0.3, 0.4) is 0 Å². The zero-order valence-electron chi connectivity index (χ0n) is 11.2. The van der Waals surface area contributed by atoms with E-state index in [0.717, 1.165) is 5.56 Å². The zero-order valence-corrected chi connectivity index (χ0v) is 12.0. The van der Waals surface area contributed by atoms with Crippen LogP contribution in [0.25, 0.3) is 0 Å². The Balaban J connectivity index is 2.38. The van der Waals surface area contributed by atoms with E-state index in [0.29, 0.717) is 25.4 Å². The van der Waals surface area contributed by atoms with Crippen molar-refractivity contribution in [2.75, 3.05) is 34.9 Å². The number of hydroxylamine groups is 2. The number of methoxy groups -OCH3 is 1. The first kappa shape index (κ1) is 14.9. The van der Waals surface area contributed by atoms with Crippen molar-refractivity contribution in [3.05, 3.63) is 10.9 Å². The van der Waals surface area contributed by atoms with Gasteiger partial charge in [-0.2, -0.15) is 4.37 Å². The van der Waals surface area contributed by atoms with Crippen LogP contribution in [-0.2, 0) is 16.2 Å². The Morgan fingerprint density at radius 3 is 2.78 bits per heavy atom. The molecule has 102 valence electrons. The third-order valence-corrected chi connectivity index (χ3v) is 3.23. The van der Waals surface area contributed by atoms with Crippen LogP contribution in [0.2, 0.25) is 0 Å². The molecule has 6 nitrogen and oxygen atoms in total. The smallest absolute Gasteiger partial charge is 0.247 e. The number of carbonyl (C=O) groups excluding carboxylic acids is 1. The van der Waals surface area contributed by atoms with Gasteiger partial charge in [0.25, 0.3) is 0 Å². The molecular formula is C11H19N3O3S. The minimum atomic E-state index is -0.0419. The highest BCUT2D eigenvalue weighted by Crippen LogP contribution is 2.19. The maximum absolute atomic E-state index is 11.5. The molecule has 0 unspecified atom stereocenters. The molecule has 0 radical (unpaired) electrons. The van der Waals surface area contributed by atoms with Crippen molar-refractivity contribution in [1.29, 1.82) is 0 Å². The van der Waals surface area contributed by atoms with Crippen LogP contribution in [0.5, 0.6) is 5.88 Å². The standard InChI is InChI=1S/C11H19N3O3S/c1-13(6-5-10(15)14(2)17-4)7-9-8-18-12-11(9)16-3/h8H,5-7H2,1-4H3. The van der Waals surface area contributed by atoms with E-state index in [1.54, 1.807) is 14.2 Å². The van der Waals surface area contributed by atoms with Gasteiger partial charge in [0.2, 0.25) is 11.8 Å². The summed E-state index contributed by atoms with van der Waals surface area (Å²) in [5.41, 5.74) is 1.04. The number of amides is 1. The predicted octanol–water partition coefficient (Wildman–Crippen LogP) is 0.993. The summed E-state index contributed by atoms with van der Waals surface area (Å²) in [5.74, 6) is 0.618. The molecule has 0 aliphatic rings. The van der Waals surface area contributed by atoms with E-state index in [1.165, 1.54) is 23.7 Å². The lowest BCUT2D eigenvalue weighted by Gasteiger charge is -2.18. The first-order valence-electron chi connectivity index (χ1n) is 5.55. The van der Waals surface area contributed by atoms with E-state index in [2.05, 4.69) is 4.37 Å². The molecule has 0 fully saturated rings. The Morgan fingerprint density at radius 1 is 1.44 bits per heavy atom. The summed E-state index contributed by atoms with van der Waals surface area (Å²) in [7, 11) is 6.64. The maximum atomic E-state index is 11.5. The summed E-state index contributed by atoms with van der Waals surface area (Å²) >= 11 is 1.37. The van der Waals surface area contributed by atoms with Gasteiger partial charge in [0.1, 0.15) is 0 Å². The Bertz CT molecular complexity index is 383.